The Bertz CT molecular complexity index is 562. The standard InChI is InChI=1S/C13H16O4S2/c1-19(16,17)8-7-18-10-12-4-2-3-11(9-12)5-6-13(14)15/h2-6,9H,7-8,10H2,1H3,(H,14,15). The van der Waals surface area contributed by atoms with Crippen LogP contribution in [0.3, 0.4) is 0 Å². The molecule has 0 atom stereocenters. The summed E-state index contributed by atoms with van der Waals surface area (Å²) < 4.78 is 21.9. The number of carboxylic acid groups (broad SMARTS) is 1. The topological polar surface area (TPSA) is 71.4 Å². The molecule has 0 saturated carbocycles. The zero-order chi connectivity index (χ0) is 14.3. The van der Waals surface area contributed by atoms with Crippen molar-refractivity contribution in [2.75, 3.05) is 17.8 Å². The summed E-state index contributed by atoms with van der Waals surface area (Å²) in [7, 11) is -2.90. The number of rotatable bonds is 7. The van der Waals surface area contributed by atoms with Gasteiger partial charge >= 0.3 is 5.97 Å². The molecule has 1 aromatic carbocycles. The molecule has 0 saturated heterocycles. The van der Waals surface area contributed by atoms with E-state index in [-0.39, 0.29) is 5.75 Å². The minimum absolute atomic E-state index is 0.177. The molecule has 0 aliphatic carbocycles. The number of benzene rings is 1. The summed E-state index contributed by atoms with van der Waals surface area (Å²) in [5, 5.41) is 8.55. The second-order valence-corrected chi connectivity index (χ2v) is 7.46. The molecule has 104 valence electrons. The van der Waals surface area contributed by atoms with Gasteiger partial charge in [-0.3, -0.25) is 0 Å². The van der Waals surface area contributed by atoms with Crippen LogP contribution in [0.15, 0.2) is 30.3 Å². The lowest BCUT2D eigenvalue weighted by Gasteiger charge is -2.02. The lowest BCUT2D eigenvalue weighted by atomic mass is 10.1. The fourth-order valence-corrected chi connectivity index (χ4v) is 3.60. The maximum atomic E-state index is 11.0. The van der Waals surface area contributed by atoms with Crippen LogP contribution >= 0.6 is 11.8 Å². The Labute approximate surface area is 117 Å². The second-order valence-electron chi connectivity index (χ2n) is 4.10. The van der Waals surface area contributed by atoms with Crippen LogP contribution in [-0.4, -0.2) is 37.3 Å². The van der Waals surface area contributed by atoms with Crippen molar-refractivity contribution in [3.05, 3.63) is 41.5 Å². The molecular formula is C13H16O4S2. The fourth-order valence-electron chi connectivity index (χ4n) is 1.35. The average molecular weight is 300 g/mol. The van der Waals surface area contributed by atoms with Crippen LogP contribution in [0.1, 0.15) is 11.1 Å². The van der Waals surface area contributed by atoms with Gasteiger partial charge < -0.3 is 5.11 Å². The van der Waals surface area contributed by atoms with Gasteiger partial charge in [0.05, 0.1) is 5.75 Å². The van der Waals surface area contributed by atoms with Crippen molar-refractivity contribution in [1.29, 1.82) is 0 Å². The van der Waals surface area contributed by atoms with E-state index in [1.54, 1.807) is 11.8 Å². The van der Waals surface area contributed by atoms with Gasteiger partial charge in [0.1, 0.15) is 9.84 Å². The Morgan fingerprint density at radius 2 is 2.16 bits per heavy atom. The zero-order valence-electron chi connectivity index (χ0n) is 10.6. The molecule has 0 fully saturated rings. The fraction of sp³-hybridized carbons (Fsp3) is 0.308. The number of aliphatic carboxylic acids is 1. The second kappa shape index (κ2) is 7.35. The van der Waals surface area contributed by atoms with Crippen molar-refractivity contribution in [3.8, 4) is 0 Å². The Morgan fingerprint density at radius 1 is 1.42 bits per heavy atom. The van der Waals surface area contributed by atoms with Crippen molar-refractivity contribution >= 4 is 33.6 Å². The van der Waals surface area contributed by atoms with E-state index in [1.807, 2.05) is 24.3 Å². The Balaban J connectivity index is 2.51. The number of carboxylic acids is 1. The molecule has 0 spiro atoms. The molecule has 1 aromatic rings. The molecule has 0 radical (unpaired) electrons. The summed E-state index contributed by atoms with van der Waals surface area (Å²) >= 11 is 1.55. The van der Waals surface area contributed by atoms with Gasteiger partial charge in [-0.05, 0) is 17.2 Å². The first-order chi connectivity index (χ1) is 8.87. The maximum absolute atomic E-state index is 11.0. The third kappa shape index (κ3) is 7.69. The first-order valence-electron chi connectivity index (χ1n) is 5.62. The average Bonchev–Trinajstić information content (AvgIpc) is 2.32. The van der Waals surface area contributed by atoms with E-state index in [0.717, 1.165) is 17.2 Å². The van der Waals surface area contributed by atoms with E-state index in [2.05, 4.69) is 0 Å². The largest absolute Gasteiger partial charge is 0.478 e. The highest BCUT2D eigenvalue weighted by molar-refractivity contribution is 7.99. The summed E-state index contributed by atoms with van der Waals surface area (Å²) in [6, 6.07) is 7.51. The van der Waals surface area contributed by atoms with Gasteiger partial charge in [-0.2, -0.15) is 11.8 Å². The molecule has 0 aliphatic rings. The van der Waals surface area contributed by atoms with E-state index >= 15 is 0 Å². The molecule has 0 amide bonds. The van der Waals surface area contributed by atoms with E-state index < -0.39 is 15.8 Å². The number of carbonyl (C=O) groups is 1. The van der Waals surface area contributed by atoms with E-state index in [0.29, 0.717) is 11.5 Å². The monoisotopic (exact) mass is 300 g/mol. The van der Waals surface area contributed by atoms with Gasteiger partial charge in [0.15, 0.2) is 0 Å². The van der Waals surface area contributed by atoms with E-state index in [1.165, 1.54) is 12.3 Å². The quantitative estimate of drug-likeness (QED) is 0.616. The van der Waals surface area contributed by atoms with E-state index in [9.17, 15) is 13.2 Å². The first kappa shape index (κ1) is 15.8. The third-order valence-corrected chi connectivity index (χ3v) is 4.47. The molecule has 0 aliphatic heterocycles. The molecule has 0 unspecified atom stereocenters. The van der Waals surface area contributed by atoms with Crippen LogP contribution in [0.4, 0.5) is 0 Å². The Kier molecular flexibility index (Phi) is 6.11. The Hall–Kier alpha value is -1.27. The van der Waals surface area contributed by atoms with Crippen LogP contribution in [0.5, 0.6) is 0 Å². The number of sulfone groups is 1. The van der Waals surface area contributed by atoms with Gasteiger partial charge in [-0.25, -0.2) is 13.2 Å². The first-order valence-corrected chi connectivity index (χ1v) is 8.84. The molecule has 1 N–H and O–H groups in total. The van der Waals surface area contributed by atoms with Crippen molar-refractivity contribution in [2.45, 2.75) is 5.75 Å². The van der Waals surface area contributed by atoms with Gasteiger partial charge in [-0.15, -0.1) is 0 Å². The minimum atomic E-state index is -2.90. The molecule has 19 heavy (non-hydrogen) atoms. The van der Waals surface area contributed by atoms with Gasteiger partial charge in [0.25, 0.3) is 0 Å². The zero-order valence-corrected chi connectivity index (χ0v) is 12.2. The van der Waals surface area contributed by atoms with Gasteiger partial charge in [0.2, 0.25) is 0 Å². The lowest BCUT2D eigenvalue weighted by Crippen LogP contribution is -2.05. The van der Waals surface area contributed by atoms with Crippen molar-refractivity contribution in [1.82, 2.24) is 0 Å². The molecule has 6 heteroatoms. The predicted octanol–water partition coefficient (Wildman–Crippen LogP) is 2.06. The molecule has 0 aromatic heterocycles. The van der Waals surface area contributed by atoms with Crippen molar-refractivity contribution in [3.63, 3.8) is 0 Å². The van der Waals surface area contributed by atoms with Crippen molar-refractivity contribution in [2.24, 2.45) is 0 Å². The Morgan fingerprint density at radius 3 is 2.79 bits per heavy atom. The highest BCUT2D eigenvalue weighted by Crippen LogP contribution is 2.15. The van der Waals surface area contributed by atoms with Crippen LogP contribution in [0.25, 0.3) is 6.08 Å². The smallest absolute Gasteiger partial charge is 0.328 e. The van der Waals surface area contributed by atoms with Crippen LogP contribution in [0.2, 0.25) is 0 Å². The van der Waals surface area contributed by atoms with Crippen molar-refractivity contribution < 1.29 is 18.3 Å². The minimum Gasteiger partial charge on any atom is -0.478 e. The SMILES string of the molecule is CS(=O)(=O)CCSCc1cccc(C=CC(=O)O)c1. The number of thioether (sulfide) groups is 1. The third-order valence-electron chi connectivity index (χ3n) is 2.24. The van der Waals surface area contributed by atoms with E-state index in [4.69, 9.17) is 5.11 Å². The highest BCUT2D eigenvalue weighted by Gasteiger charge is 2.02. The summed E-state index contributed by atoms with van der Waals surface area (Å²) in [6.45, 7) is 0. The summed E-state index contributed by atoms with van der Waals surface area (Å²) in [5.74, 6) is 0.474. The molecule has 1 rings (SSSR count). The number of hydrogen-bond acceptors (Lipinski definition) is 4. The lowest BCUT2D eigenvalue weighted by molar-refractivity contribution is -0.131. The molecule has 4 nitrogen and oxygen atoms in total. The van der Waals surface area contributed by atoms with Crippen LogP contribution < -0.4 is 0 Å². The summed E-state index contributed by atoms with van der Waals surface area (Å²) in [6.07, 6.45) is 3.85. The maximum Gasteiger partial charge on any atom is 0.328 e. The highest BCUT2D eigenvalue weighted by atomic mass is 32.2. The molecule has 0 heterocycles. The normalized spacial score (nSPS) is 11.8. The van der Waals surface area contributed by atoms with Crippen LogP contribution in [-0.2, 0) is 20.4 Å². The number of hydrogen-bond donors (Lipinski definition) is 1. The van der Waals surface area contributed by atoms with Crippen LogP contribution in [0, 0.1) is 0 Å². The predicted molar refractivity (Wildman–Crippen MR) is 79.0 cm³/mol. The molecule has 0 bridgehead atoms. The van der Waals surface area contributed by atoms with Gasteiger partial charge in [-0.1, -0.05) is 24.3 Å². The summed E-state index contributed by atoms with van der Waals surface area (Å²) in [4.78, 5) is 10.4. The van der Waals surface area contributed by atoms with Gasteiger partial charge in [0, 0.05) is 23.8 Å². The molecular weight excluding hydrogens is 284 g/mol. The summed E-state index contributed by atoms with van der Waals surface area (Å²) in [5.41, 5.74) is 1.87.